The van der Waals surface area contributed by atoms with Crippen molar-refractivity contribution in [2.24, 2.45) is 0 Å². The molecule has 0 N–H and O–H groups in total. The summed E-state index contributed by atoms with van der Waals surface area (Å²) < 4.78 is 6.67. The number of likely N-dealkylation sites (N-methyl/N-ethyl adjacent to an activating group) is 1. The molecule has 27 heavy (non-hydrogen) atoms. The maximum absolute atomic E-state index is 12.6. The zero-order valence-electron chi connectivity index (χ0n) is 15.4. The van der Waals surface area contributed by atoms with Gasteiger partial charge in [0.25, 0.3) is 5.91 Å². The first-order chi connectivity index (χ1) is 13.0. The molecule has 1 saturated heterocycles. The minimum Gasteiger partial charge on any atom is -0.492 e. The highest BCUT2D eigenvalue weighted by molar-refractivity contribution is 9.10. The molecule has 0 atom stereocenters. The third-order valence-corrected chi connectivity index (χ3v) is 5.13. The first-order valence-electron chi connectivity index (χ1n) is 9.09. The van der Waals surface area contributed by atoms with Gasteiger partial charge in [0.15, 0.2) is 0 Å². The number of carbonyl (C=O) groups is 2. The number of nitrogens with zero attached hydrogens (tertiary/aromatic N) is 2. The summed E-state index contributed by atoms with van der Waals surface area (Å²) in [6.45, 7) is 1.66. The van der Waals surface area contributed by atoms with Crippen LogP contribution < -0.4 is 9.64 Å². The maximum Gasteiger partial charge on any atom is 0.253 e. The van der Waals surface area contributed by atoms with Gasteiger partial charge in [0, 0.05) is 35.7 Å². The zero-order valence-corrected chi connectivity index (χ0v) is 16.9. The molecule has 1 aliphatic rings. The van der Waals surface area contributed by atoms with Crippen molar-refractivity contribution in [2.75, 3.05) is 31.6 Å². The number of amides is 2. The molecular weight excluding hydrogens is 408 g/mol. The van der Waals surface area contributed by atoms with Gasteiger partial charge in [-0.2, -0.15) is 0 Å². The Morgan fingerprint density at radius 1 is 1.11 bits per heavy atom. The number of hydrogen-bond acceptors (Lipinski definition) is 3. The summed E-state index contributed by atoms with van der Waals surface area (Å²) >= 11 is 3.39. The second-order valence-electron chi connectivity index (χ2n) is 6.58. The molecule has 142 valence electrons. The molecule has 6 heteroatoms. The normalized spacial score (nSPS) is 14.1. The summed E-state index contributed by atoms with van der Waals surface area (Å²) in [6, 6.07) is 14.9. The number of ether oxygens (including phenoxy) is 1. The summed E-state index contributed by atoms with van der Waals surface area (Å²) in [7, 11) is 1.76. The predicted molar refractivity (Wildman–Crippen MR) is 109 cm³/mol. The Balaban J connectivity index is 1.53. The SMILES string of the molecule is CN(CCOc1ccc(Br)cc1)C(=O)c1ccc(N2CCCCC2=O)cc1. The minimum absolute atomic E-state index is 0.0640. The van der Waals surface area contributed by atoms with Crippen molar-refractivity contribution in [3.8, 4) is 5.75 Å². The molecule has 1 heterocycles. The van der Waals surface area contributed by atoms with Gasteiger partial charge in [-0.1, -0.05) is 15.9 Å². The van der Waals surface area contributed by atoms with Crippen molar-refractivity contribution < 1.29 is 14.3 Å². The van der Waals surface area contributed by atoms with E-state index in [2.05, 4.69) is 15.9 Å². The molecular formula is C21H23BrN2O3. The summed E-state index contributed by atoms with van der Waals surface area (Å²) in [5.74, 6) is 0.864. The van der Waals surface area contributed by atoms with Gasteiger partial charge in [0.2, 0.25) is 5.91 Å². The Morgan fingerprint density at radius 2 is 1.81 bits per heavy atom. The van der Waals surface area contributed by atoms with Crippen LogP contribution >= 0.6 is 15.9 Å². The van der Waals surface area contributed by atoms with E-state index >= 15 is 0 Å². The fraction of sp³-hybridized carbons (Fsp3) is 0.333. The van der Waals surface area contributed by atoms with Gasteiger partial charge in [-0.15, -0.1) is 0 Å². The van der Waals surface area contributed by atoms with Gasteiger partial charge in [-0.05, 0) is 61.4 Å². The first-order valence-corrected chi connectivity index (χ1v) is 9.88. The van der Waals surface area contributed by atoms with Crippen molar-refractivity contribution >= 4 is 33.4 Å². The van der Waals surface area contributed by atoms with E-state index in [9.17, 15) is 9.59 Å². The van der Waals surface area contributed by atoms with Crippen LogP contribution in [0.4, 0.5) is 5.69 Å². The monoisotopic (exact) mass is 430 g/mol. The largest absolute Gasteiger partial charge is 0.492 e. The summed E-state index contributed by atoms with van der Waals surface area (Å²) in [5.41, 5.74) is 1.46. The van der Waals surface area contributed by atoms with Crippen molar-refractivity contribution in [2.45, 2.75) is 19.3 Å². The molecule has 0 unspecified atom stereocenters. The van der Waals surface area contributed by atoms with Crippen LogP contribution in [0.3, 0.4) is 0 Å². The van der Waals surface area contributed by atoms with Gasteiger partial charge in [0.1, 0.15) is 12.4 Å². The summed E-state index contributed by atoms with van der Waals surface area (Å²) in [6.07, 6.45) is 2.58. The molecule has 5 nitrogen and oxygen atoms in total. The van der Waals surface area contributed by atoms with E-state index in [0.717, 1.165) is 35.3 Å². The number of carbonyl (C=O) groups excluding carboxylic acids is 2. The van der Waals surface area contributed by atoms with Crippen molar-refractivity contribution in [3.63, 3.8) is 0 Å². The van der Waals surface area contributed by atoms with E-state index in [0.29, 0.717) is 25.1 Å². The number of hydrogen-bond donors (Lipinski definition) is 0. The summed E-state index contributed by atoms with van der Waals surface area (Å²) in [4.78, 5) is 28.0. The molecule has 0 spiro atoms. The van der Waals surface area contributed by atoms with E-state index in [1.165, 1.54) is 0 Å². The number of piperidine rings is 1. The molecule has 2 amide bonds. The van der Waals surface area contributed by atoms with Crippen LogP contribution in [0.1, 0.15) is 29.6 Å². The lowest BCUT2D eigenvalue weighted by Crippen LogP contribution is -2.35. The first kappa shape index (κ1) is 19.4. The quantitative estimate of drug-likeness (QED) is 0.692. The highest BCUT2D eigenvalue weighted by Gasteiger charge is 2.20. The van der Waals surface area contributed by atoms with Crippen LogP contribution in [0.25, 0.3) is 0 Å². The predicted octanol–water partition coefficient (Wildman–Crippen LogP) is 4.12. The second kappa shape index (κ2) is 9.04. The molecule has 1 aliphatic heterocycles. The average molecular weight is 431 g/mol. The molecule has 3 rings (SSSR count). The molecule has 0 bridgehead atoms. The van der Waals surface area contributed by atoms with E-state index in [4.69, 9.17) is 4.74 Å². The Labute approximate surface area is 168 Å². The van der Waals surface area contributed by atoms with Crippen molar-refractivity contribution in [3.05, 3.63) is 58.6 Å². The smallest absolute Gasteiger partial charge is 0.253 e. The highest BCUT2D eigenvalue weighted by atomic mass is 79.9. The fourth-order valence-corrected chi connectivity index (χ4v) is 3.28. The van der Waals surface area contributed by atoms with Gasteiger partial charge in [0.05, 0.1) is 6.54 Å². The van der Waals surface area contributed by atoms with E-state index < -0.39 is 0 Å². The summed E-state index contributed by atoms with van der Waals surface area (Å²) in [5, 5.41) is 0. The van der Waals surface area contributed by atoms with Crippen LogP contribution in [0.2, 0.25) is 0 Å². The van der Waals surface area contributed by atoms with E-state index in [-0.39, 0.29) is 11.8 Å². The van der Waals surface area contributed by atoms with E-state index in [1.54, 1.807) is 29.0 Å². The number of benzene rings is 2. The second-order valence-corrected chi connectivity index (χ2v) is 7.49. The highest BCUT2D eigenvalue weighted by Crippen LogP contribution is 2.21. The zero-order chi connectivity index (χ0) is 19.2. The average Bonchev–Trinajstić information content (AvgIpc) is 2.69. The molecule has 0 radical (unpaired) electrons. The van der Waals surface area contributed by atoms with Gasteiger partial charge in [-0.25, -0.2) is 0 Å². The third kappa shape index (κ3) is 5.10. The topological polar surface area (TPSA) is 49.9 Å². The Morgan fingerprint density at radius 3 is 2.48 bits per heavy atom. The van der Waals surface area contributed by atoms with Crippen molar-refractivity contribution in [1.29, 1.82) is 0 Å². The van der Waals surface area contributed by atoms with Crippen LogP contribution in [0.5, 0.6) is 5.75 Å². The van der Waals surface area contributed by atoms with Crippen LogP contribution in [-0.2, 0) is 4.79 Å². The fourth-order valence-electron chi connectivity index (χ4n) is 3.02. The number of halogens is 1. The maximum atomic E-state index is 12.6. The van der Waals surface area contributed by atoms with Gasteiger partial charge < -0.3 is 14.5 Å². The Kier molecular flexibility index (Phi) is 6.50. The molecule has 1 fully saturated rings. The molecule has 2 aromatic rings. The van der Waals surface area contributed by atoms with Gasteiger partial charge in [-0.3, -0.25) is 9.59 Å². The Bertz CT molecular complexity index is 790. The molecule has 0 aliphatic carbocycles. The third-order valence-electron chi connectivity index (χ3n) is 4.61. The number of rotatable bonds is 6. The molecule has 0 saturated carbocycles. The van der Waals surface area contributed by atoms with Crippen LogP contribution in [0, 0.1) is 0 Å². The molecule has 2 aromatic carbocycles. The number of anilines is 1. The van der Waals surface area contributed by atoms with Crippen LogP contribution in [0.15, 0.2) is 53.0 Å². The lowest BCUT2D eigenvalue weighted by atomic mass is 10.1. The minimum atomic E-state index is -0.0640. The Hall–Kier alpha value is -2.34. The standard InChI is InChI=1S/C21H23BrN2O3/c1-23(14-15-27-19-11-7-17(22)8-12-19)21(26)16-5-9-18(10-6-16)24-13-3-2-4-20(24)25/h5-12H,2-4,13-15H2,1H3. The van der Waals surface area contributed by atoms with Crippen LogP contribution in [-0.4, -0.2) is 43.5 Å². The van der Waals surface area contributed by atoms with Gasteiger partial charge >= 0.3 is 0 Å². The van der Waals surface area contributed by atoms with E-state index in [1.807, 2.05) is 36.4 Å². The lowest BCUT2D eigenvalue weighted by molar-refractivity contribution is -0.119. The molecule has 0 aromatic heterocycles. The van der Waals surface area contributed by atoms with Crippen molar-refractivity contribution in [1.82, 2.24) is 4.90 Å². The lowest BCUT2D eigenvalue weighted by Gasteiger charge is -2.27.